The fraction of sp³-hybridized carbons (Fsp3) is 0.545. The lowest BCUT2D eigenvalue weighted by molar-refractivity contribution is -0.146. The van der Waals surface area contributed by atoms with Gasteiger partial charge in [-0.2, -0.15) is 5.10 Å². The number of carbonyl (C=O) groups excluding carboxylic acids is 1. The Labute approximate surface area is 155 Å². The maximum absolute atomic E-state index is 13.0. The molecule has 0 radical (unpaired) electrons. The second-order valence-corrected chi connectivity index (χ2v) is 8.83. The van der Waals surface area contributed by atoms with E-state index in [-0.39, 0.29) is 5.41 Å². The highest BCUT2D eigenvalue weighted by atomic mass is 16.2. The number of aromatic nitrogens is 2. The van der Waals surface area contributed by atoms with E-state index in [1.807, 2.05) is 41.2 Å². The Morgan fingerprint density at radius 1 is 1.08 bits per heavy atom. The van der Waals surface area contributed by atoms with E-state index in [0.717, 1.165) is 49.1 Å². The highest BCUT2D eigenvalue weighted by molar-refractivity contribution is 5.83. The van der Waals surface area contributed by atoms with Gasteiger partial charge in [-0.3, -0.25) is 4.79 Å². The van der Waals surface area contributed by atoms with Crippen molar-refractivity contribution in [2.45, 2.75) is 44.9 Å². The first-order valence-electron chi connectivity index (χ1n) is 10.1. The van der Waals surface area contributed by atoms with Crippen LogP contribution in [0.5, 0.6) is 0 Å². The predicted octanol–water partition coefficient (Wildman–Crippen LogP) is 3.75. The van der Waals surface area contributed by atoms with Crippen molar-refractivity contribution >= 4 is 5.91 Å². The van der Waals surface area contributed by atoms with Crippen molar-refractivity contribution in [3.05, 3.63) is 48.3 Å². The summed E-state index contributed by atoms with van der Waals surface area (Å²) in [5.41, 5.74) is 2.19. The Hall–Kier alpha value is -2.10. The molecule has 4 fully saturated rings. The van der Waals surface area contributed by atoms with E-state index in [9.17, 15) is 4.79 Å². The molecule has 1 heterocycles. The van der Waals surface area contributed by atoms with Crippen molar-refractivity contribution < 1.29 is 4.79 Å². The Kier molecular flexibility index (Phi) is 3.87. The molecule has 4 aliphatic rings. The fourth-order valence-electron chi connectivity index (χ4n) is 6.11. The van der Waals surface area contributed by atoms with Crippen molar-refractivity contribution in [3.63, 3.8) is 0 Å². The van der Waals surface area contributed by atoms with Crippen molar-refractivity contribution in [3.8, 4) is 5.69 Å². The van der Waals surface area contributed by atoms with Crippen LogP contribution in [0.1, 0.15) is 44.1 Å². The summed E-state index contributed by atoms with van der Waals surface area (Å²) < 4.78 is 1.90. The summed E-state index contributed by atoms with van der Waals surface area (Å²) in [4.78, 5) is 13.0. The normalized spacial score (nSPS) is 31.9. The molecule has 136 valence electrons. The Morgan fingerprint density at radius 3 is 2.38 bits per heavy atom. The molecule has 1 amide bonds. The van der Waals surface area contributed by atoms with Gasteiger partial charge in [0.15, 0.2) is 0 Å². The lowest BCUT2D eigenvalue weighted by Crippen LogP contribution is -2.53. The molecule has 1 aromatic carbocycles. The molecule has 4 nitrogen and oxygen atoms in total. The largest absolute Gasteiger partial charge is 0.355 e. The number of benzene rings is 1. The average molecular weight is 349 g/mol. The molecule has 26 heavy (non-hydrogen) atoms. The van der Waals surface area contributed by atoms with Gasteiger partial charge < -0.3 is 5.32 Å². The molecule has 6 rings (SSSR count). The lowest BCUT2D eigenvalue weighted by atomic mass is 9.49. The molecule has 4 bridgehead atoms. The molecule has 1 aromatic heterocycles. The van der Waals surface area contributed by atoms with Gasteiger partial charge in [0.25, 0.3) is 0 Å². The minimum Gasteiger partial charge on any atom is -0.355 e. The molecule has 2 aromatic rings. The van der Waals surface area contributed by atoms with Crippen LogP contribution in [0.15, 0.2) is 42.7 Å². The Balaban J connectivity index is 1.19. The highest BCUT2D eigenvalue weighted by Gasteiger charge is 2.54. The van der Waals surface area contributed by atoms with E-state index in [1.165, 1.54) is 24.8 Å². The molecule has 0 atom stereocenters. The SMILES string of the molecule is O=C(NCCc1cnn(-c2ccccc2)c1)C12CC3CC(CC(C3)C1)C2. The topological polar surface area (TPSA) is 46.9 Å². The number of hydrogen-bond donors (Lipinski definition) is 1. The standard InChI is InChI=1S/C22H27N3O/c26-21(22-11-17-8-18(12-22)10-19(9-17)13-22)23-7-6-16-14-24-25(15-16)20-4-2-1-3-5-20/h1-5,14-15,17-19H,6-13H2,(H,23,26). The van der Waals surface area contributed by atoms with Gasteiger partial charge in [0.2, 0.25) is 5.91 Å². The highest BCUT2D eigenvalue weighted by Crippen LogP contribution is 2.60. The van der Waals surface area contributed by atoms with Crippen molar-refractivity contribution in [2.24, 2.45) is 23.2 Å². The second-order valence-electron chi connectivity index (χ2n) is 8.83. The molecule has 1 N–H and O–H groups in total. The minimum absolute atomic E-state index is 0.0387. The molecule has 0 unspecified atom stereocenters. The summed E-state index contributed by atoms with van der Waals surface area (Å²) >= 11 is 0. The first-order valence-corrected chi connectivity index (χ1v) is 10.1. The fourth-order valence-corrected chi connectivity index (χ4v) is 6.11. The van der Waals surface area contributed by atoms with E-state index in [0.29, 0.717) is 12.5 Å². The Morgan fingerprint density at radius 2 is 1.73 bits per heavy atom. The molecule has 0 spiro atoms. The van der Waals surface area contributed by atoms with Gasteiger partial charge in [-0.05, 0) is 80.4 Å². The third kappa shape index (κ3) is 2.85. The maximum Gasteiger partial charge on any atom is 0.226 e. The zero-order valence-electron chi connectivity index (χ0n) is 15.2. The van der Waals surface area contributed by atoms with E-state index in [1.54, 1.807) is 0 Å². The summed E-state index contributed by atoms with van der Waals surface area (Å²) in [6, 6.07) is 10.1. The summed E-state index contributed by atoms with van der Waals surface area (Å²) in [5.74, 6) is 2.77. The van der Waals surface area contributed by atoms with Crippen LogP contribution in [-0.2, 0) is 11.2 Å². The van der Waals surface area contributed by atoms with E-state index in [2.05, 4.69) is 16.6 Å². The van der Waals surface area contributed by atoms with Gasteiger partial charge in [0, 0.05) is 18.2 Å². The molecule has 4 heteroatoms. The first kappa shape index (κ1) is 16.1. The second kappa shape index (κ2) is 6.26. The number of rotatable bonds is 5. The number of carbonyl (C=O) groups is 1. The summed E-state index contributed by atoms with van der Waals surface area (Å²) in [5, 5.41) is 7.70. The molecular formula is C22H27N3O. The molecule has 0 aliphatic heterocycles. The van der Waals surface area contributed by atoms with Gasteiger partial charge in [-0.15, -0.1) is 0 Å². The van der Waals surface area contributed by atoms with Gasteiger partial charge in [0.1, 0.15) is 0 Å². The smallest absolute Gasteiger partial charge is 0.226 e. The predicted molar refractivity (Wildman–Crippen MR) is 101 cm³/mol. The van der Waals surface area contributed by atoms with Crippen LogP contribution in [-0.4, -0.2) is 22.2 Å². The molecule has 4 aliphatic carbocycles. The van der Waals surface area contributed by atoms with Crippen molar-refractivity contribution in [1.82, 2.24) is 15.1 Å². The molecule has 4 saturated carbocycles. The van der Waals surface area contributed by atoms with Gasteiger partial charge in [-0.1, -0.05) is 18.2 Å². The zero-order valence-corrected chi connectivity index (χ0v) is 15.2. The number of para-hydroxylation sites is 1. The third-order valence-corrected chi connectivity index (χ3v) is 6.88. The summed E-state index contributed by atoms with van der Waals surface area (Å²) in [7, 11) is 0. The van der Waals surface area contributed by atoms with Gasteiger partial charge in [-0.25, -0.2) is 4.68 Å². The summed E-state index contributed by atoms with van der Waals surface area (Å²) in [6.07, 6.45) is 12.4. The van der Waals surface area contributed by atoms with Crippen LogP contribution >= 0.6 is 0 Å². The van der Waals surface area contributed by atoms with E-state index < -0.39 is 0 Å². The first-order chi connectivity index (χ1) is 12.7. The minimum atomic E-state index is -0.0387. The van der Waals surface area contributed by atoms with Crippen LogP contribution in [0.25, 0.3) is 5.69 Å². The van der Waals surface area contributed by atoms with Crippen LogP contribution in [0.3, 0.4) is 0 Å². The average Bonchev–Trinajstić information content (AvgIpc) is 3.10. The van der Waals surface area contributed by atoms with Crippen LogP contribution in [0, 0.1) is 23.2 Å². The Bertz CT molecular complexity index is 759. The number of nitrogens with one attached hydrogen (secondary N) is 1. The van der Waals surface area contributed by atoms with Crippen molar-refractivity contribution in [1.29, 1.82) is 0 Å². The third-order valence-electron chi connectivity index (χ3n) is 6.88. The van der Waals surface area contributed by atoms with Gasteiger partial charge in [0.05, 0.1) is 11.9 Å². The molecular weight excluding hydrogens is 322 g/mol. The van der Waals surface area contributed by atoms with Crippen molar-refractivity contribution in [2.75, 3.05) is 6.54 Å². The van der Waals surface area contributed by atoms with E-state index in [4.69, 9.17) is 0 Å². The number of nitrogens with zero attached hydrogens (tertiary/aromatic N) is 2. The number of hydrogen-bond acceptors (Lipinski definition) is 2. The van der Waals surface area contributed by atoms with Crippen LogP contribution in [0.2, 0.25) is 0 Å². The zero-order chi connectivity index (χ0) is 17.6. The monoisotopic (exact) mass is 349 g/mol. The molecule has 0 saturated heterocycles. The maximum atomic E-state index is 13.0. The van der Waals surface area contributed by atoms with Crippen LogP contribution in [0.4, 0.5) is 0 Å². The van der Waals surface area contributed by atoms with Gasteiger partial charge >= 0.3 is 0 Å². The van der Waals surface area contributed by atoms with E-state index >= 15 is 0 Å². The van der Waals surface area contributed by atoms with Crippen LogP contribution < -0.4 is 5.32 Å². The quantitative estimate of drug-likeness (QED) is 0.894. The number of amides is 1. The summed E-state index contributed by atoms with van der Waals surface area (Å²) in [6.45, 7) is 0.709. The lowest BCUT2D eigenvalue weighted by Gasteiger charge is -2.55.